The number of aliphatic hydroxyl groups excluding tert-OH is 1. The monoisotopic (exact) mass is 1180 g/mol. The number of rotatable bonds is 60. The third-order valence-electron chi connectivity index (χ3n) is 14.0. The minimum absolute atomic E-state index is 0.103. The van der Waals surface area contributed by atoms with Gasteiger partial charge in [-0.2, -0.15) is 0 Å². The van der Waals surface area contributed by atoms with Crippen molar-refractivity contribution >= 4 is 39.5 Å². The summed E-state index contributed by atoms with van der Waals surface area (Å²) >= 11 is 0. The number of esters is 4. The summed E-state index contributed by atoms with van der Waals surface area (Å²) in [4.78, 5) is 71.9. The molecule has 0 aliphatic heterocycles. The molecular formula is C61H118O17P2. The highest BCUT2D eigenvalue weighted by atomic mass is 31.2. The van der Waals surface area contributed by atoms with Crippen LogP contribution in [0.25, 0.3) is 0 Å². The third-order valence-corrected chi connectivity index (χ3v) is 15.9. The molecule has 0 fully saturated rings. The van der Waals surface area contributed by atoms with E-state index in [0.29, 0.717) is 37.5 Å². The topological polar surface area (TPSA) is 237 Å². The van der Waals surface area contributed by atoms with Crippen LogP contribution in [0.5, 0.6) is 0 Å². The van der Waals surface area contributed by atoms with E-state index in [1.807, 2.05) is 0 Å². The Balaban J connectivity index is 5.22. The molecule has 0 saturated carbocycles. The lowest BCUT2D eigenvalue weighted by molar-refractivity contribution is -0.161. The van der Waals surface area contributed by atoms with Gasteiger partial charge in [-0.15, -0.1) is 0 Å². The molecule has 2 unspecified atom stereocenters. The molecule has 0 rings (SSSR count). The number of unbranched alkanes of at least 4 members (excludes halogenated alkanes) is 30. The van der Waals surface area contributed by atoms with E-state index in [1.165, 1.54) is 96.3 Å². The van der Waals surface area contributed by atoms with Crippen LogP contribution in [0.2, 0.25) is 0 Å². The maximum absolute atomic E-state index is 12.9. The molecule has 0 bridgehead atoms. The number of phosphoric acid groups is 2. The van der Waals surface area contributed by atoms with Crippen molar-refractivity contribution in [3.8, 4) is 0 Å². The van der Waals surface area contributed by atoms with E-state index in [-0.39, 0.29) is 25.7 Å². The van der Waals surface area contributed by atoms with Gasteiger partial charge in [0.2, 0.25) is 0 Å². The summed E-state index contributed by atoms with van der Waals surface area (Å²) in [6, 6.07) is 0. The second kappa shape index (κ2) is 53.8. The van der Waals surface area contributed by atoms with Gasteiger partial charge in [0.15, 0.2) is 12.2 Å². The first-order valence-electron chi connectivity index (χ1n) is 32.0. The largest absolute Gasteiger partial charge is 0.472 e. The summed E-state index contributed by atoms with van der Waals surface area (Å²) in [6.07, 6.45) is 35.1. The Morgan fingerprint density at radius 1 is 0.338 bits per heavy atom. The number of carbonyl (C=O) groups is 4. The average Bonchev–Trinajstić information content (AvgIpc) is 3.41. The van der Waals surface area contributed by atoms with E-state index in [2.05, 4.69) is 41.5 Å². The molecule has 5 atom stereocenters. The Kier molecular flexibility index (Phi) is 52.5. The van der Waals surface area contributed by atoms with Gasteiger partial charge in [-0.05, 0) is 37.5 Å². The van der Waals surface area contributed by atoms with Crippen molar-refractivity contribution in [3.63, 3.8) is 0 Å². The number of aliphatic hydroxyl groups is 1. The maximum Gasteiger partial charge on any atom is 0.472 e. The van der Waals surface area contributed by atoms with Crippen LogP contribution in [0, 0.1) is 11.8 Å². The first-order valence-corrected chi connectivity index (χ1v) is 35.0. The van der Waals surface area contributed by atoms with Crippen molar-refractivity contribution < 1.29 is 80.2 Å². The summed E-state index contributed by atoms with van der Waals surface area (Å²) in [5.74, 6) is -0.743. The first kappa shape index (κ1) is 78.1. The molecular weight excluding hydrogens is 1070 g/mol. The third kappa shape index (κ3) is 55.3. The van der Waals surface area contributed by atoms with Crippen molar-refractivity contribution in [2.75, 3.05) is 39.6 Å². The summed E-state index contributed by atoms with van der Waals surface area (Å²) in [6.45, 7) is 9.31. The van der Waals surface area contributed by atoms with E-state index in [1.54, 1.807) is 0 Å². The molecule has 0 aliphatic carbocycles. The summed E-state index contributed by atoms with van der Waals surface area (Å²) < 4.78 is 67.8. The molecule has 19 heteroatoms. The molecule has 0 amide bonds. The van der Waals surface area contributed by atoms with Crippen LogP contribution in [0.4, 0.5) is 0 Å². The molecule has 17 nitrogen and oxygen atoms in total. The van der Waals surface area contributed by atoms with Crippen LogP contribution < -0.4 is 0 Å². The Morgan fingerprint density at radius 2 is 0.575 bits per heavy atom. The van der Waals surface area contributed by atoms with Crippen molar-refractivity contribution in [2.45, 2.75) is 317 Å². The number of hydrogen-bond acceptors (Lipinski definition) is 15. The smallest absolute Gasteiger partial charge is 0.462 e. The van der Waals surface area contributed by atoms with Gasteiger partial charge in [-0.3, -0.25) is 37.3 Å². The van der Waals surface area contributed by atoms with Crippen LogP contribution in [-0.2, 0) is 65.4 Å². The van der Waals surface area contributed by atoms with Crippen LogP contribution in [0.1, 0.15) is 298 Å². The Hall–Kier alpha value is -1.94. The quantitative estimate of drug-likeness (QED) is 0.0222. The van der Waals surface area contributed by atoms with Gasteiger partial charge in [-0.25, -0.2) is 9.13 Å². The molecule has 0 aliphatic rings. The highest BCUT2D eigenvalue weighted by Crippen LogP contribution is 2.45. The second-order valence-electron chi connectivity index (χ2n) is 23.0. The Morgan fingerprint density at radius 3 is 0.850 bits per heavy atom. The highest BCUT2D eigenvalue weighted by Gasteiger charge is 2.30. The summed E-state index contributed by atoms with van der Waals surface area (Å²) in [5.41, 5.74) is 0. The Labute approximate surface area is 486 Å². The summed E-state index contributed by atoms with van der Waals surface area (Å²) in [7, 11) is -9.88. The Bertz CT molecular complexity index is 1580. The molecule has 474 valence electrons. The van der Waals surface area contributed by atoms with Gasteiger partial charge in [0.1, 0.15) is 19.3 Å². The molecule has 0 spiro atoms. The van der Waals surface area contributed by atoms with E-state index in [4.69, 9.17) is 37.0 Å². The van der Waals surface area contributed by atoms with Crippen molar-refractivity contribution in [1.29, 1.82) is 0 Å². The molecule has 0 radical (unpaired) electrons. The molecule has 80 heavy (non-hydrogen) atoms. The lowest BCUT2D eigenvalue weighted by Crippen LogP contribution is -2.30. The first-order chi connectivity index (χ1) is 38.4. The zero-order valence-electron chi connectivity index (χ0n) is 51.4. The number of carbonyl (C=O) groups excluding carboxylic acids is 4. The van der Waals surface area contributed by atoms with Crippen LogP contribution in [0.15, 0.2) is 0 Å². The average molecular weight is 1190 g/mol. The number of hydrogen-bond donors (Lipinski definition) is 3. The molecule has 0 aromatic carbocycles. The molecule has 0 saturated heterocycles. The fourth-order valence-corrected chi connectivity index (χ4v) is 10.6. The van der Waals surface area contributed by atoms with Crippen molar-refractivity contribution in [3.05, 3.63) is 0 Å². The highest BCUT2D eigenvalue weighted by molar-refractivity contribution is 7.47. The second-order valence-corrected chi connectivity index (χ2v) is 25.9. The number of phosphoric ester groups is 2. The molecule has 0 aromatic heterocycles. The predicted molar refractivity (Wildman–Crippen MR) is 317 cm³/mol. The fourth-order valence-electron chi connectivity index (χ4n) is 9.00. The molecule has 3 N–H and O–H groups in total. The SMILES string of the molecule is CCCCCCCCCCCCCCCC(=O)O[C@H](COC(=O)CCCCCCCCCC(C)C)COP(=O)(O)OC[C@@H](O)COP(=O)(O)OC[C@@H](COC(=O)CCCCCCCCC)OC(=O)CCCCCCCCCC(C)C. The van der Waals surface area contributed by atoms with Gasteiger partial charge < -0.3 is 33.8 Å². The molecule has 0 aromatic rings. The lowest BCUT2D eigenvalue weighted by Gasteiger charge is -2.21. The minimum atomic E-state index is -4.94. The van der Waals surface area contributed by atoms with Crippen LogP contribution in [-0.4, -0.2) is 96.7 Å². The molecule has 0 heterocycles. The van der Waals surface area contributed by atoms with Crippen molar-refractivity contribution in [2.24, 2.45) is 11.8 Å². The van der Waals surface area contributed by atoms with Crippen LogP contribution >= 0.6 is 15.6 Å². The van der Waals surface area contributed by atoms with Crippen LogP contribution in [0.3, 0.4) is 0 Å². The normalized spacial score (nSPS) is 14.4. The lowest BCUT2D eigenvalue weighted by atomic mass is 10.0. The minimum Gasteiger partial charge on any atom is -0.462 e. The van der Waals surface area contributed by atoms with Gasteiger partial charge in [0, 0.05) is 25.7 Å². The summed E-state index contributed by atoms with van der Waals surface area (Å²) in [5, 5.41) is 10.5. The van der Waals surface area contributed by atoms with Crippen molar-refractivity contribution in [1.82, 2.24) is 0 Å². The maximum atomic E-state index is 12.9. The van der Waals surface area contributed by atoms with E-state index in [0.717, 1.165) is 109 Å². The zero-order valence-corrected chi connectivity index (χ0v) is 53.2. The van der Waals surface area contributed by atoms with Gasteiger partial charge in [-0.1, -0.05) is 247 Å². The number of ether oxygens (including phenoxy) is 4. The van der Waals surface area contributed by atoms with E-state index >= 15 is 0 Å². The van der Waals surface area contributed by atoms with Gasteiger partial charge >= 0.3 is 39.5 Å². The fraction of sp³-hybridized carbons (Fsp3) is 0.934. The van der Waals surface area contributed by atoms with Gasteiger partial charge in [0.25, 0.3) is 0 Å². The predicted octanol–water partition coefficient (Wildman–Crippen LogP) is 16.5. The van der Waals surface area contributed by atoms with Gasteiger partial charge in [0.05, 0.1) is 26.4 Å². The standard InChI is InChI=1S/C61H118O17P2/c1-7-9-11-13-15-16-17-18-19-20-26-33-39-45-60(65)77-57(50-72-59(64)44-38-32-27-21-24-29-35-41-53(3)4)52-76-80(69,70)74-48-55(62)47-73-79(67,68)75-51-56(49-71-58(63)43-37-31-23-14-12-10-8-2)78-61(66)46-40-34-28-22-25-30-36-42-54(5)6/h53-57,62H,7-52H2,1-6H3,(H,67,68)(H,69,70)/t55-,56+,57+/m0/s1. The van der Waals surface area contributed by atoms with E-state index < -0.39 is 97.5 Å². The van der Waals surface area contributed by atoms with E-state index in [9.17, 15) is 43.2 Å². The zero-order chi connectivity index (χ0) is 59.4.